The van der Waals surface area contributed by atoms with Crippen molar-refractivity contribution in [3.8, 4) is 0 Å². The van der Waals surface area contributed by atoms with Crippen LogP contribution in [0.15, 0.2) is 65.1 Å². The van der Waals surface area contributed by atoms with E-state index in [-0.39, 0.29) is 17.9 Å². The van der Waals surface area contributed by atoms with E-state index in [9.17, 15) is 13.6 Å². The Labute approximate surface area is 216 Å². The second kappa shape index (κ2) is 12.1. The lowest BCUT2D eigenvalue weighted by Crippen LogP contribution is -2.38. The summed E-state index contributed by atoms with van der Waals surface area (Å²) in [6, 6.07) is 16.7. The number of benzene rings is 3. The fraction of sp³-hybridized carbons (Fsp3) is 0.333. The van der Waals surface area contributed by atoms with E-state index in [0.29, 0.717) is 54.0 Å². The van der Waals surface area contributed by atoms with Gasteiger partial charge in [-0.3, -0.25) is 4.79 Å². The summed E-state index contributed by atoms with van der Waals surface area (Å²) in [6.45, 7) is 7.43. The summed E-state index contributed by atoms with van der Waals surface area (Å²) < 4.78 is 33.4. The molecule has 2 N–H and O–H groups in total. The number of nitrogens with one attached hydrogen (secondary N) is 2. The molecule has 0 fully saturated rings. The monoisotopic (exact) mass is 505 g/mol. The molecule has 3 aromatic carbocycles. The Morgan fingerprint density at radius 2 is 1.73 bits per heavy atom. The van der Waals surface area contributed by atoms with Crippen molar-refractivity contribution in [2.24, 2.45) is 0 Å². The van der Waals surface area contributed by atoms with Crippen LogP contribution in [0.3, 0.4) is 0 Å². The van der Waals surface area contributed by atoms with Gasteiger partial charge in [0, 0.05) is 30.1 Å². The number of carbonyl (C=O) groups is 1. The van der Waals surface area contributed by atoms with Crippen LogP contribution in [0.5, 0.6) is 0 Å². The van der Waals surface area contributed by atoms with Gasteiger partial charge in [-0.2, -0.15) is 0 Å². The van der Waals surface area contributed by atoms with Crippen molar-refractivity contribution >= 4 is 17.0 Å². The predicted octanol–water partition coefficient (Wildman–Crippen LogP) is 6.31. The van der Waals surface area contributed by atoms with Gasteiger partial charge in [0.05, 0.1) is 0 Å². The van der Waals surface area contributed by atoms with Crippen LogP contribution in [-0.4, -0.2) is 23.5 Å². The zero-order chi connectivity index (χ0) is 26.4. The molecular weight excluding hydrogens is 472 g/mol. The van der Waals surface area contributed by atoms with Crippen molar-refractivity contribution in [2.75, 3.05) is 6.54 Å². The first-order valence-electron chi connectivity index (χ1n) is 12.8. The van der Waals surface area contributed by atoms with E-state index in [1.54, 1.807) is 18.2 Å². The second-order valence-corrected chi connectivity index (χ2v) is 9.68. The molecule has 1 aromatic heterocycles. The highest BCUT2D eigenvalue weighted by atomic mass is 19.1. The topological polar surface area (TPSA) is 67.2 Å². The summed E-state index contributed by atoms with van der Waals surface area (Å²) >= 11 is 0. The third-order valence-corrected chi connectivity index (χ3v) is 6.30. The van der Waals surface area contributed by atoms with Crippen LogP contribution in [0.25, 0.3) is 11.1 Å². The molecular formula is C30H33F2N3O2. The number of hydrogen-bond acceptors (Lipinski definition) is 4. The first kappa shape index (κ1) is 26.5. The molecule has 0 bridgehead atoms. The molecule has 0 radical (unpaired) electrons. The first-order valence-corrected chi connectivity index (χ1v) is 12.8. The average molecular weight is 506 g/mol. The molecule has 4 rings (SSSR count). The molecule has 0 saturated carbocycles. The Kier molecular flexibility index (Phi) is 8.66. The first-order chi connectivity index (χ1) is 17.8. The Morgan fingerprint density at radius 1 is 0.973 bits per heavy atom. The lowest BCUT2D eigenvalue weighted by atomic mass is 10.0. The van der Waals surface area contributed by atoms with Gasteiger partial charge in [-0.15, -0.1) is 0 Å². The number of oxazole rings is 1. The number of amides is 1. The van der Waals surface area contributed by atoms with Gasteiger partial charge in [-0.05, 0) is 72.8 Å². The minimum absolute atomic E-state index is 0.137. The molecule has 0 spiro atoms. The van der Waals surface area contributed by atoms with Crippen LogP contribution in [-0.2, 0) is 19.4 Å². The van der Waals surface area contributed by atoms with Gasteiger partial charge in [0.25, 0.3) is 5.91 Å². The Bertz CT molecular complexity index is 1350. The molecule has 0 aliphatic heterocycles. The maximum atomic E-state index is 13.8. The number of fused-ring (bicyclic) bond motifs is 1. The van der Waals surface area contributed by atoms with Gasteiger partial charge in [0.1, 0.15) is 17.2 Å². The Balaban J connectivity index is 1.45. The van der Waals surface area contributed by atoms with Crippen LogP contribution in [0.4, 0.5) is 8.78 Å². The maximum Gasteiger partial charge on any atom is 0.251 e. The summed E-state index contributed by atoms with van der Waals surface area (Å²) in [7, 11) is 0. The molecule has 1 heterocycles. The van der Waals surface area contributed by atoms with Crippen LogP contribution >= 0.6 is 0 Å². The number of hydrogen-bond donors (Lipinski definition) is 2. The predicted molar refractivity (Wildman–Crippen MR) is 142 cm³/mol. The molecule has 1 amide bonds. The van der Waals surface area contributed by atoms with Crippen molar-refractivity contribution in [1.29, 1.82) is 0 Å². The lowest BCUT2D eigenvalue weighted by Gasteiger charge is -2.20. The SMILES string of the molecule is CCc1cccc(CNCC[C@H](Cc2cc(F)cc(F)c2)NC(=O)c2ccc3nc(C(C)C)oc3c2)c1. The van der Waals surface area contributed by atoms with E-state index >= 15 is 0 Å². The van der Waals surface area contributed by atoms with Crippen LogP contribution in [0.1, 0.15) is 66.0 Å². The smallest absolute Gasteiger partial charge is 0.251 e. The fourth-order valence-corrected chi connectivity index (χ4v) is 4.31. The van der Waals surface area contributed by atoms with E-state index in [4.69, 9.17) is 4.42 Å². The zero-order valence-electron chi connectivity index (χ0n) is 21.5. The second-order valence-electron chi connectivity index (χ2n) is 9.68. The van der Waals surface area contributed by atoms with Crippen LogP contribution in [0.2, 0.25) is 0 Å². The number of carbonyl (C=O) groups excluding carboxylic acids is 1. The normalized spacial score (nSPS) is 12.3. The number of aromatic nitrogens is 1. The van der Waals surface area contributed by atoms with E-state index in [2.05, 4.69) is 40.7 Å². The molecule has 0 aliphatic rings. The number of halogens is 2. The van der Waals surface area contributed by atoms with E-state index in [1.807, 2.05) is 19.9 Å². The lowest BCUT2D eigenvalue weighted by molar-refractivity contribution is 0.0935. The van der Waals surface area contributed by atoms with Crippen molar-refractivity contribution in [1.82, 2.24) is 15.6 Å². The highest BCUT2D eigenvalue weighted by molar-refractivity contribution is 5.97. The molecule has 0 unspecified atom stereocenters. The van der Waals surface area contributed by atoms with Gasteiger partial charge in [0.2, 0.25) is 0 Å². The largest absolute Gasteiger partial charge is 0.440 e. The molecule has 194 valence electrons. The fourth-order valence-electron chi connectivity index (χ4n) is 4.31. The van der Waals surface area contributed by atoms with Gasteiger partial charge >= 0.3 is 0 Å². The summed E-state index contributed by atoms with van der Waals surface area (Å²) in [6.07, 6.45) is 1.86. The summed E-state index contributed by atoms with van der Waals surface area (Å²) in [4.78, 5) is 17.6. The van der Waals surface area contributed by atoms with Crippen LogP contribution in [0, 0.1) is 11.6 Å². The van der Waals surface area contributed by atoms with Gasteiger partial charge < -0.3 is 15.1 Å². The van der Waals surface area contributed by atoms with E-state index in [0.717, 1.165) is 12.5 Å². The van der Waals surface area contributed by atoms with Gasteiger partial charge in [-0.1, -0.05) is 45.0 Å². The maximum absolute atomic E-state index is 13.8. The third kappa shape index (κ3) is 7.23. The Morgan fingerprint density at radius 3 is 2.46 bits per heavy atom. The summed E-state index contributed by atoms with van der Waals surface area (Å²) in [5, 5.41) is 6.47. The van der Waals surface area contributed by atoms with Crippen molar-refractivity contribution in [3.63, 3.8) is 0 Å². The minimum Gasteiger partial charge on any atom is -0.440 e. The summed E-state index contributed by atoms with van der Waals surface area (Å²) in [5.74, 6) is -0.787. The average Bonchev–Trinajstić information content (AvgIpc) is 3.30. The number of nitrogens with zero attached hydrogens (tertiary/aromatic N) is 1. The molecule has 0 aliphatic carbocycles. The highest BCUT2D eigenvalue weighted by Gasteiger charge is 2.17. The summed E-state index contributed by atoms with van der Waals surface area (Å²) in [5.41, 5.74) is 4.65. The highest BCUT2D eigenvalue weighted by Crippen LogP contribution is 2.22. The Hall–Kier alpha value is -3.58. The van der Waals surface area contributed by atoms with E-state index < -0.39 is 11.6 Å². The van der Waals surface area contributed by atoms with Crippen LogP contribution < -0.4 is 10.6 Å². The molecule has 7 heteroatoms. The quantitative estimate of drug-likeness (QED) is 0.234. The third-order valence-electron chi connectivity index (χ3n) is 6.30. The molecule has 4 aromatic rings. The van der Waals surface area contributed by atoms with Crippen molar-refractivity contribution in [3.05, 3.63) is 100 Å². The van der Waals surface area contributed by atoms with Gasteiger partial charge in [0.15, 0.2) is 11.5 Å². The molecule has 37 heavy (non-hydrogen) atoms. The van der Waals surface area contributed by atoms with Gasteiger partial charge in [-0.25, -0.2) is 13.8 Å². The number of rotatable bonds is 11. The van der Waals surface area contributed by atoms with Crippen molar-refractivity contribution in [2.45, 2.75) is 58.5 Å². The molecule has 1 atom stereocenters. The molecule has 0 saturated heterocycles. The minimum atomic E-state index is -0.634. The standard InChI is InChI=1S/C30H33F2N3O2/c1-4-20-6-5-7-21(12-20)18-33-11-10-26(15-22-13-24(31)17-25(32)14-22)34-29(36)23-8-9-27-28(16-23)37-30(35-27)19(2)3/h5-9,12-14,16-17,19,26,33H,4,10-11,15,18H2,1-3H3,(H,34,36)/t26-/m1/s1. The van der Waals surface area contributed by atoms with Crippen molar-refractivity contribution < 1.29 is 18.0 Å². The zero-order valence-corrected chi connectivity index (χ0v) is 21.5. The van der Waals surface area contributed by atoms with E-state index in [1.165, 1.54) is 23.3 Å². The molecule has 5 nitrogen and oxygen atoms in total. The number of aryl methyl sites for hydroxylation is 1.